The van der Waals surface area contributed by atoms with Crippen molar-refractivity contribution in [2.45, 2.75) is 13.3 Å². The van der Waals surface area contributed by atoms with Crippen LogP contribution in [0, 0.1) is 12.8 Å². The van der Waals surface area contributed by atoms with Crippen molar-refractivity contribution in [3.8, 4) is 17.2 Å². The molecule has 0 bridgehead atoms. The maximum absolute atomic E-state index is 12.5. The van der Waals surface area contributed by atoms with Crippen LogP contribution in [-0.2, 0) is 19.1 Å². The molecule has 4 rings (SSSR count). The second-order valence-electron chi connectivity index (χ2n) is 8.17. The summed E-state index contributed by atoms with van der Waals surface area (Å²) in [5, 5.41) is 2.68. The van der Waals surface area contributed by atoms with Crippen molar-refractivity contribution in [3.05, 3.63) is 78.4 Å². The Hall–Kier alpha value is -4.33. The number of nitrogens with one attached hydrogen (secondary N) is 1. The fourth-order valence-corrected chi connectivity index (χ4v) is 3.73. The van der Waals surface area contributed by atoms with E-state index in [9.17, 15) is 14.4 Å². The smallest absolute Gasteiger partial charge is 0.311 e. The molecule has 1 aliphatic heterocycles. The van der Waals surface area contributed by atoms with E-state index in [0.29, 0.717) is 28.6 Å². The van der Waals surface area contributed by atoms with Crippen LogP contribution in [0.4, 0.5) is 11.4 Å². The molecule has 8 nitrogen and oxygen atoms in total. The van der Waals surface area contributed by atoms with E-state index in [4.69, 9.17) is 14.2 Å². The van der Waals surface area contributed by atoms with Crippen molar-refractivity contribution in [2.75, 3.05) is 30.5 Å². The summed E-state index contributed by atoms with van der Waals surface area (Å²) in [6.45, 7) is 1.72. The van der Waals surface area contributed by atoms with Gasteiger partial charge in [0.15, 0.2) is 18.1 Å². The van der Waals surface area contributed by atoms with Gasteiger partial charge in [0.05, 0.1) is 13.0 Å². The number of anilines is 2. The zero-order valence-electron chi connectivity index (χ0n) is 19.5. The average molecular weight is 475 g/mol. The Morgan fingerprint density at radius 2 is 1.66 bits per heavy atom. The largest absolute Gasteiger partial charge is 0.493 e. The summed E-state index contributed by atoms with van der Waals surface area (Å²) in [5.74, 6) is -0.0615. The molecule has 0 aromatic heterocycles. The highest BCUT2D eigenvalue weighted by molar-refractivity contribution is 6.00. The summed E-state index contributed by atoms with van der Waals surface area (Å²) in [7, 11) is 1.57. The molecule has 0 aliphatic carbocycles. The van der Waals surface area contributed by atoms with Crippen LogP contribution in [0.15, 0.2) is 72.8 Å². The topological polar surface area (TPSA) is 94.2 Å². The minimum absolute atomic E-state index is 0.0257. The summed E-state index contributed by atoms with van der Waals surface area (Å²) < 4.78 is 16.3. The fraction of sp³-hybridized carbons (Fsp3) is 0.222. The molecular weight excluding hydrogens is 448 g/mol. The molecule has 1 atom stereocenters. The molecular formula is C27H26N2O6. The summed E-state index contributed by atoms with van der Waals surface area (Å²) in [4.78, 5) is 38.6. The lowest BCUT2D eigenvalue weighted by Crippen LogP contribution is -2.28. The first-order chi connectivity index (χ1) is 16.9. The number of carbonyl (C=O) groups is 3. The summed E-state index contributed by atoms with van der Waals surface area (Å²) in [6.07, 6.45) is 0.0257. The molecule has 8 heteroatoms. The molecule has 0 unspecified atom stereocenters. The van der Waals surface area contributed by atoms with Crippen molar-refractivity contribution >= 4 is 29.2 Å². The van der Waals surface area contributed by atoms with Gasteiger partial charge in [-0.1, -0.05) is 29.8 Å². The van der Waals surface area contributed by atoms with Gasteiger partial charge in [0.2, 0.25) is 5.91 Å². The number of nitrogens with zero attached hydrogens (tertiary/aromatic N) is 1. The van der Waals surface area contributed by atoms with Crippen molar-refractivity contribution in [1.82, 2.24) is 0 Å². The van der Waals surface area contributed by atoms with Crippen molar-refractivity contribution in [1.29, 1.82) is 0 Å². The predicted octanol–water partition coefficient (Wildman–Crippen LogP) is 4.33. The first kappa shape index (κ1) is 23.8. The van der Waals surface area contributed by atoms with Crippen LogP contribution < -0.4 is 19.7 Å². The second-order valence-corrected chi connectivity index (χ2v) is 8.17. The number of benzene rings is 3. The molecule has 35 heavy (non-hydrogen) atoms. The van der Waals surface area contributed by atoms with E-state index in [1.54, 1.807) is 55.6 Å². The SMILES string of the molecule is COc1ccccc1Oc1ccc(N2C[C@@H](C(=O)OCC(=O)Nc3ccc(C)cc3)CC2=O)cc1. The minimum atomic E-state index is -0.640. The molecule has 1 N–H and O–H groups in total. The third kappa shape index (κ3) is 5.97. The number of aryl methyl sites for hydroxylation is 1. The molecule has 1 heterocycles. The summed E-state index contributed by atoms with van der Waals surface area (Å²) in [5.41, 5.74) is 2.34. The number of esters is 1. The van der Waals surface area contributed by atoms with Gasteiger partial charge in [-0.05, 0) is 55.5 Å². The van der Waals surface area contributed by atoms with Gasteiger partial charge in [0, 0.05) is 24.3 Å². The number of amides is 2. The molecule has 0 saturated carbocycles. The van der Waals surface area contributed by atoms with Crippen molar-refractivity contribution in [3.63, 3.8) is 0 Å². The quantitative estimate of drug-likeness (QED) is 0.489. The molecule has 3 aromatic carbocycles. The first-order valence-electron chi connectivity index (χ1n) is 11.2. The van der Waals surface area contributed by atoms with Crippen LogP contribution in [0.1, 0.15) is 12.0 Å². The number of rotatable bonds is 8. The van der Waals surface area contributed by atoms with Crippen LogP contribution in [-0.4, -0.2) is 38.0 Å². The fourth-order valence-electron chi connectivity index (χ4n) is 3.73. The zero-order valence-corrected chi connectivity index (χ0v) is 19.5. The molecule has 0 radical (unpaired) electrons. The van der Waals surface area contributed by atoms with E-state index < -0.39 is 24.4 Å². The standard InChI is InChI=1S/C27H26N2O6/c1-18-7-9-20(10-8-18)28-25(30)17-34-27(32)19-15-26(31)29(16-19)21-11-13-22(14-12-21)35-24-6-4-3-5-23(24)33-2/h3-14,19H,15-17H2,1-2H3,(H,28,30)/t19-/m0/s1. The second kappa shape index (κ2) is 10.7. The van der Waals surface area contributed by atoms with Crippen LogP contribution >= 0.6 is 0 Å². The van der Waals surface area contributed by atoms with Crippen LogP contribution in [0.3, 0.4) is 0 Å². The number of hydrogen-bond acceptors (Lipinski definition) is 6. The summed E-state index contributed by atoms with van der Waals surface area (Å²) >= 11 is 0. The Bertz CT molecular complexity index is 1210. The number of carbonyl (C=O) groups excluding carboxylic acids is 3. The van der Waals surface area contributed by atoms with Gasteiger partial charge in [-0.2, -0.15) is 0 Å². The van der Waals surface area contributed by atoms with Gasteiger partial charge in [0.25, 0.3) is 5.91 Å². The molecule has 1 aliphatic rings. The predicted molar refractivity (Wildman–Crippen MR) is 131 cm³/mol. The highest BCUT2D eigenvalue weighted by atomic mass is 16.5. The van der Waals surface area contributed by atoms with E-state index in [1.807, 2.05) is 31.2 Å². The van der Waals surface area contributed by atoms with Crippen LogP contribution in [0.25, 0.3) is 0 Å². The lowest BCUT2D eigenvalue weighted by atomic mass is 10.1. The van der Waals surface area contributed by atoms with Crippen LogP contribution in [0.2, 0.25) is 0 Å². The Morgan fingerprint density at radius 3 is 2.34 bits per heavy atom. The van der Waals surface area contributed by atoms with Gasteiger partial charge < -0.3 is 24.4 Å². The van der Waals surface area contributed by atoms with Gasteiger partial charge >= 0.3 is 5.97 Å². The van der Waals surface area contributed by atoms with E-state index in [2.05, 4.69) is 5.32 Å². The number of para-hydroxylation sites is 2. The van der Waals surface area contributed by atoms with E-state index in [0.717, 1.165) is 5.56 Å². The Labute approximate surface area is 203 Å². The highest BCUT2D eigenvalue weighted by Gasteiger charge is 2.36. The van der Waals surface area contributed by atoms with Crippen LogP contribution in [0.5, 0.6) is 17.2 Å². The molecule has 2 amide bonds. The molecule has 1 saturated heterocycles. The number of methoxy groups -OCH3 is 1. The maximum atomic E-state index is 12.5. The van der Waals surface area contributed by atoms with E-state index >= 15 is 0 Å². The normalized spacial score (nSPS) is 15.0. The first-order valence-corrected chi connectivity index (χ1v) is 11.2. The minimum Gasteiger partial charge on any atom is -0.493 e. The Balaban J connectivity index is 1.30. The third-order valence-corrected chi connectivity index (χ3v) is 5.58. The average Bonchev–Trinajstić information content (AvgIpc) is 3.26. The van der Waals surface area contributed by atoms with Gasteiger partial charge in [-0.25, -0.2) is 0 Å². The third-order valence-electron chi connectivity index (χ3n) is 5.58. The maximum Gasteiger partial charge on any atom is 0.311 e. The van der Waals surface area contributed by atoms with Crippen molar-refractivity contribution < 1.29 is 28.6 Å². The number of ether oxygens (including phenoxy) is 3. The lowest BCUT2D eigenvalue weighted by Gasteiger charge is -2.17. The molecule has 0 spiro atoms. The Kier molecular flexibility index (Phi) is 7.30. The van der Waals surface area contributed by atoms with E-state index in [-0.39, 0.29) is 18.9 Å². The molecule has 1 fully saturated rings. The lowest BCUT2D eigenvalue weighted by molar-refractivity contribution is -0.151. The monoisotopic (exact) mass is 474 g/mol. The van der Waals surface area contributed by atoms with Crippen molar-refractivity contribution in [2.24, 2.45) is 5.92 Å². The van der Waals surface area contributed by atoms with Gasteiger partial charge in [0.1, 0.15) is 5.75 Å². The summed E-state index contributed by atoms with van der Waals surface area (Å²) in [6, 6.07) is 21.6. The Morgan fingerprint density at radius 1 is 0.971 bits per heavy atom. The molecule has 180 valence electrons. The zero-order chi connectivity index (χ0) is 24.8. The van der Waals surface area contributed by atoms with Gasteiger partial charge in [-0.15, -0.1) is 0 Å². The highest BCUT2D eigenvalue weighted by Crippen LogP contribution is 2.33. The number of hydrogen-bond donors (Lipinski definition) is 1. The van der Waals surface area contributed by atoms with E-state index in [1.165, 1.54) is 4.90 Å². The van der Waals surface area contributed by atoms with Gasteiger partial charge in [-0.3, -0.25) is 14.4 Å². The molecule has 3 aromatic rings.